The minimum atomic E-state index is -1.32. The smallest absolute Gasteiger partial charge is 0.306 e. The maximum absolute atomic E-state index is 11.5. The van der Waals surface area contributed by atoms with Crippen LogP contribution in [0.25, 0.3) is 0 Å². The molecule has 0 aromatic carbocycles. The molecule has 0 heterocycles. The third kappa shape index (κ3) is 5.90. The summed E-state index contributed by atoms with van der Waals surface area (Å²) in [6, 6.07) is 0. The number of ketones is 1. The second kappa shape index (κ2) is 7.45. The van der Waals surface area contributed by atoms with Gasteiger partial charge in [-0.05, 0) is 20.8 Å². The van der Waals surface area contributed by atoms with Crippen LogP contribution in [-0.4, -0.2) is 51.4 Å². The second-order valence-corrected chi connectivity index (χ2v) is 6.30. The zero-order valence-corrected chi connectivity index (χ0v) is 13.4. The third-order valence-corrected chi connectivity index (χ3v) is 3.10. The Morgan fingerprint density at radius 2 is 1.78 bits per heavy atom. The highest BCUT2D eigenvalue weighted by atomic mass is 16.6. The molecule has 0 radical (unpaired) electrons. The first-order valence-electron chi connectivity index (χ1n) is 7.22. The van der Waals surface area contributed by atoms with Gasteiger partial charge in [-0.3, -0.25) is 14.4 Å². The minimum absolute atomic E-state index is 0.153. The molecule has 1 aliphatic rings. The highest BCUT2D eigenvalue weighted by molar-refractivity contribution is 5.96. The van der Waals surface area contributed by atoms with Crippen LogP contribution in [0.1, 0.15) is 40.0 Å². The lowest BCUT2D eigenvalue weighted by atomic mass is 10.0. The van der Waals surface area contributed by atoms with Gasteiger partial charge in [0.1, 0.15) is 18.0 Å². The monoisotopic (exact) mass is 330 g/mol. The molecule has 0 spiro atoms. The second-order valence-electron chi connectivity index (χ2n) is 6.30. The van der Waals surface area contributed by atoms with Crippen LogP contribution in [0.5, 0.6) is 0 Å². The molecule has 8 heteroatoms. The summed E-state index contributed by atoms with van der Waals surface area (Å²) in [5.41, 5.74) is -0.641. The van der Waals surface area contributed by atoms with Gasteiger partial charge in [-0.15, -0.1) is 0 Å². The fourth-order valence-electron chi connectivity index (χ4n) is 1.99. The van der Waals surface area contributed by atoms with Crippen molar-refractivity contribution in [2.75, 3.05) is 6.61 Å². The molecule has 23 heavy (non-hydrogen) atoms. The van der Waals surface area contributed by atoms with Crippen molar-refractivity contribution in [3.8, 4) is 0 Å². The molecule has 8 nitrogen and oxygen atoms in total. The number of hydrogen-bond acceptors (Lipinski definition) is 8. The lowest BCUT2D eigenvalue weighted by molar-refractivity contribution is -0.159. The molecule has 0 aromatic heterocycles. The van der Waals surface area contributed by atoms with Gasteiger partial charge in [0, 0.05) is 6.42 Å². The van der Waals surface area contributed by atoms with Crippen LogP contribution in [0.4, 0.5) is 0 Å². The van der Waals surface area contributed by atoms with E-state index in [4.69, 9.17) is 9.47 Å². The molecule has 1 rings (SSSR count). The van der Waals surface area contributed by atoms with Gasteiger partial charge in [0.15, 0.2) is 5.76 Å². The van der Waals surface area contributed by atoms with Crippen LogP contribution in [0, 0.1) is 5.92 Å². The Morgan fingerprint density at radius 3 is 2.26 bits per heavy atom. The average Bonchev–Trinajstić information content (AvgIpc) is 2.68. The fourth-order valence-corrected chi connectivity index (χ4v) is 1.99. The number of Topliss-reactive ketones (excluding diaryl/α,β-unsaturated/α-hetero) is 1. The first kappa shape index (κ1) is 19.0. The van der Waals surface area contributed by atoms with E-state index in [-0.39, 0.29) is 19.3 Å². The Kier molecular flexibility index (Phi) is 6.14. The van der Waals surface area contributed by atoms with Crippen LogP contribution >= 0.6 is 0 Å². The van der Waals surface area contributed by atoms with Gasteiger partial charge in [-0.1, -0.05) is 0 Å². The first-order chi connectivity index (χ1) is 10.5. The molecule has 0 bridgehead atoms. The summed E-state index contributed by atoms with van der Waals surface area (Å²) < 4.78 is 9.82. The van der Waals surface area contributed by atoms with E-state index in [0.717, 1.165) is 0 Å². The Bertz CT molecular complexity index is 514. The van der Waals surface area contributed by atoms with Crippen molar-refractivity contribution in [3.05, 3.63) is 11.5 Å². The number of aliphatic hydroxyl groups excluding tert-OH is 3. The average molecular weight is 330 g/mol. The van der Waals surface area contributed by atoms with E-state index in [0.29, 0.717) is 0 Å². The van der Waals surface area contributed by atoms with E-state index < -0.39 is 53.5 Å². The minimum Gasteiger partial charge on any atom is -0.508 e. The van der Waals surface area contributed by atoms with Gasteiger partial charge < -0.3 is 24.8 Å². The third-order valence-electron chi connectivity index (χ3n) is 3.10. The number of carbonyl (C=O) groups is 3. The topological polar surface area (TPSA) is 130 Å². The van der Waals surface area contributed by atoms with Crippen LogP contribution in [-0.2, 0) is 23.9 Å². The summed E-state index contributed by atoms with van der Waals surface area (Å²) in [5.74, 6) is -4.31. The molecule has 0 amide bonds. The van der Waals surface area contributed by atoms with Gasteiger partial charge >= 0.3 is 11.9 Å². The fraction of sp³-hybridized carbons (Fsp3) is 0.667. The number of carbonyl (C=O) groups excluding carboxylic acids is 3. The lowest BCUT2D eigenvalue weighted by Gasteiger charge is -2.19. The molecule has 0 saturated carbocycles. The van der Waals surface area contributed by atoms with Crippen molar-refractivity contribution in [2.45, 2.75) is 51.7 Å². The molecule has 0 fully saturated rings. The van der Waals surface area contributed by atoms with E-state index in [2.05, 4.69) is 0 Å². The van der Waals surface area contributed by atoms with Gasteiger partial charge in [-0.25, -0.2) is 0 Å². The zero-order valence-electron chi connectivity index (χ0n) is 13.4. The molecule has 0 aromatic rings. The quantitative estimate of drug-likeness (QED) is 0.613. The number of rotatable bonds is 6. The molecule has 2 atom stereocenters. The highest BCUT2D eigenvalue weighted by Gasteiger charge is 2.37. The van der Waals surface area contributed by atoms with Crippen LogP contribution in [0.15, 0.2) is 11.5 Å². The standard InChI is InChI=1S/C15H22O8/c1-15(2,3)23-12(19)5-4-11(18)22-7-10(17)8-6-9(16)14(21)13(8)20/h8,10,17,20-21H,4-7H2,1-3H3. The normalized spacial score (nSPS) is 19.7. The molecular weight excluding hydrogens is 308 g/mol. The number of allylic oxidation sites excluding steroid dienone is 1. The summed E-state index contributed by atoms with van der Waals surface area (Å²) in [5, 5.41) is 28.5. The van der Waals surface area contributed by atoms with Crippen LogP contribution < -0.4 is 0 Å². The Morgan fingerprint density at radius 1 is 1.22 bits per heavy atom. The summed E-state index contributed by atoms with van der Waals surface area (Å²) in [4.78, 5) is 34.1. The number of aliphatic hydroxyl groups is 3. The number of ether oxygens (including phenoxy) is 2. The van der Waals surface area contributed by atoms with Crippen LogP contribution in [0.3, 0.4) is 0 Å². The molecule has 1 aliphatic carbocycles. The largest absolute Gasteiger partial charge is 0.508 e. The molecule has 0 saturated heterocycles. The SMILES string of the molecule is CC(C)(C)OC(=O)CCC(=O)OCC(O)C1CC(=O)C(O)=C1O. The maximum Gasteiger partial charge on any atom is 0.306 e. The molecular formula is C15H22O8. The van der Waals surface area contributed by atoms with Gasteiger partial charge in [-0.2, -0.15) is 0 Å². The van der Waals surface area contributed by atoms with Crippen LogP contribution in [0.2, 0.25) is 0 Å². The van der Waals surface area contributed by atoms with Crippen molar-refractivity contribution >= 4 is 17.7 Å². The summed E-state index contributed by atoms with van der Waals surface area (Å²) in [7, 11) is 0. The van der Waals surface area contributed by atoms with Crippen molar-refractivity contribution in [1.29, 1.82) is 0 Å². The van der Waals surface area contributed by atoms with E-state index >= 15 is 0 Å². The summed E-state index contributed by atoms with van der Waals surface area (Å²) in [6.45, 7) is 4.66. The highest BCUT2D eigenvalue weighted by Crippen LogP contribution is 2.28. The number of esters is 2. The van der Waals surface area contributed by atoms with Crippen molar-refractivity contribution in [3.63, 3.8) is 0 Å². The zero-order chi connectivity index (χ0) is 17.8. The Hall–Kier alpha value is -2.09. The molecule has 130 valence electrons. The molecule has 2 unspecified atom stereocenters. The van der Waals surface area contributed by atoms with E-state index in [1.807, 2.05) is 0 Å². The predicted molar refractivity (Wildman–Crippen MR) is 77.4 cm³/mol. The van der Waals surface area contributed by atoms with Gasteiger partial charge in [0.2, 0.25) is 5.78 Å². The van der Waals surface area contributed by atoms with Crippen molar-refractivity contribution < 1.29 is 39.2 Å². The maximum atomic E-state index is 11.5. The van der Waals surface area contributed by atoms with Gasteiger partial charge in [0.25, 0.3) is 0 Å². The molecule has 0 aliphatic heterocycles. The summed E-state index contributed by atoms with van der Waals surface area (Å²) >= 11 is 0. The van der Waals surface area contributed by atoms with Gasteiger partial charge in [0.05, 0.1) is 24.9 Å². The number of hydrogen-bond donors (Lipinski definition) is 3. The van der Waals surface area contributed by atoms with Crippen molar-refractivity contribution in [1.82, 2.24) is 0 Å². The Balaban J connectivity index is 2.34. The van der Waals surface area contributed by atoms with Crippen molar-refractivity contribution in [2.24, 2.45) is 5.92 Å². The predicted octanol–water partition coefficient (Wildman–Crippen LogP) is 0.929. The Labute approximate surface area is 133 Å². The molecule has 3 N–H and O–H groups in total. The van der Waals surface area contributed by atoms with E-state index in [9.17, 15) is 29.7 Å². The first-order valence-corrected chi connectivity index (χ1v) is 7.22. The van der Waals surface area contributed by atoms with E-state index in [1.165, 1.54) is 0 Å². The lowest BCUT2D eigenvalue weighted by Crippen LogP contribution is -2.28. The summed E-state index contributed by atoms with van der Waals surface area (Å²) in [6.07, 6.45) is -1.94. The van der Waals surface area contributed by atoms with E-state index in [1.54, 1.807) is 20.8 Å².